The van der Waals surface area contributed by atoms with E-state index in [4.69, 9.17) is 16.4 Å². The van der Waals surface area contributed by atoms with E-state index >= 15 is 0 Å². The molecular weight excluding hydrogens is 180 g/mol. The van der Waals surface area contributed by atoms with Crippen LogP contribution in [0.4, 0.5) is 0 Å². The molecule has 0 aromatic rings. The smallest absolute Gasteiger partial charge is 0.413 e. The lowest BCUT2D eigenvalue weighted by atomic mass is 10.3. The zero-order valence-corrected chi connectivity index (χ0v) is 6.45. The van der Waals surface area contributed by atoms with Crippen LogP contribution in [0.5, 0.6) is 0 Å². The van der Waals surface area contributed by atoms with Crippen LogP contribution in [0.3, 0.4) is 0 Å². The predicted octanol–water partition coefficient (Wildman–Crippen LogP) is -2.24. The van der Waals surface area contributed by atoms with E-state index in [9.17, 15) is 9.59 Å². The first kappa shape index (κ1) is 13.8. The Labute approximate surface area is 73.5 Å². The lowest BCUT2D eigenvalue weighted by Crippen LogP contribution is -2.35. The lowest BCUT2D eigenvalue weighted by molar-refractivity contribution is -0.144. The number of hydrogen-bond donors (Lipinski definition) is 2. The Morgan fingerprint density at radius 3 is 2.62 bits per heavy atom. The van der Waals surface area contributed by atoms with Gasteiger partial charge < -0.3 is 21.1 Å². The van der Waals surface area contributed by atoms with E-state index in [2.05, 4.69) is 9.53 Å². The Morgan fingerprint density at radius 2 is 2.23 bits per heavy atom. The maximum absolute atomic E-state index is 10.4. The number of ether oxygens (including phenoxy) is 1. The molecule has 0 heterocycles. The van der Waals surface area contributed by atoms with Crippen LogP contribution in [0, 0.1) is 0 Å². The molecule has 3 radical (unpaired) electrons. The van der Waals surface area contributed by atoms with Gasteiger partial charge in [-0.1, -0.05) is 0 Å². The molecule has 0 fully saturated rings. The van der Waals surface area contributed by atoms with Crippen molar-refractivity contribution in [2.75, 3.05) is 6.61 Å². The van der Waals surface area contributed by atoms with Crippen LogP contribution in [-0.2, 0) is 14.3 Å². The highest BCUT2D eigenvalue weighted by molar-refractivity contribution is 6.20. The summed E-state index contributed by atoms with van der Waals surface area (Å²) in [6.07, 6.45) is 0.495. The number of nitrogens with two attached hydrogens (primary N) is 1. The average Bonchev–Trinajstić information content (AvgIpc) is 2.00. The Bertz CT molecular complexity index is 235. The number of nitrogens with zero attached hydrogens (tertiary/aromatic N) is 3. The van der Waals surface area contributed by atoms with Crippen LogP contribution in [0.1, 0.15) is 0 Å². The Balaban J connectivity index is 0. The normalized spacial score (nSPS) is 10.2. The number of esters is 1. The van der Waals surface area contributed by atoms with Gasteiger partial charge in [-0.15, -0.1) is 0 Å². The molecule has 0 spiro atoms. The van der Waals surface area contributed by atoms with E-state index in [0.717, 1.165) is 0 Å². The van der Waals surface area contributed by atoms with Crippen LogP contribution >= 0.6 is 0 Å². The zero-order chi connectivity index (χ0) is 9.56. The first-order valence-electron chi connectivity index (χ1n) is 2.90. The predicted molar refractivity (Wildman–Crippen MR) is 38.4 cm³/mol. The number of aliphatic carboxylic acids is 1. The molecule has 0 aliphatic rings. The number of carboxylic acids is 1. The molecule has 0 saturated heterocycles. The third-order valence-corrected chi connectivity index (χ3v) is 0.885. The molecule has 0 aliphatic heterocycles. The maximum atomic E-state index is 10.4. The first-order valence-corrected chi connectivity index (χ1v) is 2.90. The van der Waals surface area contributed by atoms with Crippen molar-refractivity contribution < 1.29 is 24.2 Å². The minimum absolute atomic E-state index is 0. The standard InChI is InChI=1S/C5H7N3O4.N/c6-3(5(10)11)2-12-4(9)1-8-7;/h1,3H,2,6H2,(H,10,11);/t3-;/m0./s1. The SMILES string of the molecule is [N-]=[N+]=CC(=O)OC[C@H](N)C(=O)O.[N]. The van der Waals surface area contributed by atoms with Crippen LogP contribution in [0.15, 0.2) is 0 Å². The van der Waals surface area contributed by atoms with Gasteiger partial charge in [0.1, 0.15) is 12.6 Å². The highest BCUT2D eigenvalue weighted by Gasteiger charge is 2.14. The van der Waals surface area contributed by atoms with Crippen LogP contribution in [0.25, 0.3) is 5.53 Å². The molecule has 0 saturated carbocycles. The molecule has 1 atom stereocenters. The van der Waals surface area contributed by atoms with Crippen LogP contribution in [0.2, 0.25) is 0 Å². The molecule has 0 unspecified atom stereocenters. The molecule has 0 amide bonds. The van der Waals surface area contributed by atoms with Crippen LogP contribution in [-0.4, -0.2) is 40.7 Å². The van der Waals surface area contributed by atoms with Crippen molar-refractivity contribution in [2.45, 2.75) is 6.04 Å². The van der Waals surface area contributed by atoms with Gasteiger partial charge >= 0.3 is 18.2 Å². The quantitative estimate of drug-likeness (QED) is 0.220. The second kappa shape index (κ2) is 6.92. The van der Waals surface area contributed by atoms with Gasteiger partial charge in [-0.05, 0) is 0 Å². The summed E-state index contributed by atoms with van der Waals surface area (Å²) in [5, 5.41) is 8.23. The van der Waals surface area contributed by atoms with Crippen molar-refractivity contribution in [2.24, 2.45) is 5.73 Å². The molecule has 3 N–H and O–H groups in total. The van der Waals surface area contributed by atoms with Crippen molar-refractivity contribution in [3.8, 4) is 0 Å². The summed E-state index contributed by atoms with van der Waals surface area (Å²) in [5.74, 6) is -2.22. The maximum Gasteiger partial charge on any atom is 0.413 e. The monoisotopic (exact) mass is 187 g/mol. The zero-order valence-electron chi connectivity index (χ0n) is 6.45. The van der Waals surface area contributed by atoms with Gasteiger partial charge in [0.15, 0.2) is 0 Å². The molecule has 8 nitrogen and oxygen atoms in total. The summed E-state index contributed by atoms with van der Waals surface area (Å²) < 4.78 is 4.25. The highest BCUT2D eigenvalue weighted by atomic mass is 16.5. The summed E-state index contributed by atoms with van der Waals surface area (Å²) >= 11 is 0. The van der Waals surface area contributed by atoms with E-state index in [1.165, 1.54) is 0 Å². The Hall–Kier alpha value is -1.76. The van der Waals surface area contributed by atoms with Crippen LogP contribution < -0.4 is 11.9 Å². The van der Waals surface area contributed by atoms with E-state index in [1.807, 2.05) is 0 Å². The van der Waals surface area contributed by atoms with Gasteiger partial charge in [0.05, 0.1) is 0 Å². The minimum Gasteiger partial charge on any atom is -0.480 e. The summed E-state index contributed by atoms with van der Waals surface area (Å²) in [4.78, 5) is 22.8. The first-order chi connectivity index (χ1) is 5.57. The third kappa shape index (κ3) is 6.63. The number of hydrogen-bond acceptors (Lipinski definition) is 4. The van der Waals surface area contributed by atoms with Crippen molar-refractivity contribution >= 4 is 18.2 Å². The third-order valence-electron chi connectivity index (χ3n) is 0.885. The topological polar surface area (TPSA) is 157 Å². The Kier molecular flexibility index (Phi) is 7.35. The van der Waals surface area contributed by atoms with E-state index < -0.39 is 24.6 Å². The molecule has 8 heteroatoms. The molecule has 0 aliphatic carbocycles. The molecule has 0 aromatic heterocycles. The van der Waals surface area contributed by atoms with Crippen molar-refractivity contribution in [3.05, 3.63) is 5.53 Å². The number of carboxylic acid groups (broad SMARTS) is 1. The van der Waals surface area contributed by atoms with Gasteiger partial charge in [0.25, 0.3) is 0 Å². The fourth-order valence-corrected chi connectivity index (χ4v) is 0.328. The molecule has 0 rings (SSSR count). The molecule has 0 bridgehead atoms. The summed E-state index contributed by atoms with van der Waals surface area (Å²) in [6, 6.07) is -1.26. The average molecular weight is 187 g/mol. The minimum atomic E-state index is -1.27. The Morgan fingerprint density at radius 1 is 1.69 bits per heavy atom. The molecular formula is C5H7N4O4. The highest BCUT2D eigenvalue weighted by Crippen LogP contribution is 1.81. The number of carbonyl (C=O) groups is 2. The van der Waals surface area contributed by atoms with Gasteiger partial charge in [-0.2, -0.15) is 4.79 Å². The summed E-state index contributed by atoms with van der Waals surface area (Å²) in [7, 11) is 0. The lowest BCUT2D eigenvalue weighted by Gasteiger charge is -2.03. The van der Waals surface area contributed by atoms with Gasteiger partial charge in [0, 0.05) is 6.15 Å². The largest absolute Gasteiger partial charge is 0.480 e. The van der Waals surface area contributed by atoms with Gasteiger partial charge in [-0.25, -0.2) is 4.79 Å². The fourth-order valence-electron chi connectivity index (χ4n) is 0.328. The van der Waals surface area contributed by atoms with Crippen molar-refractivity contribution in [1.82, 2.24) is 6.15 Å². The number of rotatable bonds is 4. The van der Waals surface area contributed by atoms with Crippen molar-refractivity contribution in [1.29, 1.82) is 0 Å². The van der Waals surface area contributed by atoms with Gasteiger partial charge in [-0.3, -0.25) is 4.79 Å². The fraction of sp³-hybridized carbons (Fsp3) is 0.400. The van der Waals surface area contributed by atoms with Gasteiger partial charge in [0.2, 0.25) is 0 Å². The molecule has 0 aromatic carbocycles. The summed E-state index contributed by atoms with van der Waals surface area (Å²) in [6.45, 7) is -0.458. The van der Waals surface area contributed by atoms with Crippen molar-refractivity contribution in [3.63, 3.8) is 0 Å². The summed E-state index contributed by atoms with van der Waals surface area (Å²) in [5.41, 5.74) is 12.8. The van der Waals surface area contributed by atoms with E-state index in [-0.39, 0.29) is 6.15 Å². The van der Waals surface area contributed by atoms with E-state index in [1.54, 1.807) is 0 Å². The number of carbonyl (C=O) groups excluding carboxylic acids is 1. The molecule has 71 valence electrons. The molecule has 13 heavy (non-hydrogen) atoms. The van der Waals surface area contributed by atoms with E-state index in [0.29, 0.717) is 6.21 Å². The second-order valence-electron chi connectivity index (χ2n) is 1.82. The second-order valence-corrected chi connectivity index (χ2v) is 1.82.